The number of carbonyl (C=O) groups is 3. The monoisotopic (exact) mass is 1090 g/mol. The Balaban J connectivity index is 4.40. The van der Waals surface area contributed by atoms with Crippen molar-refractivity contribution in [3.63, 3.8) is 0 Å². The lowest BCUT2D eigenvalue weighted by Crippen LogP contribution is -2.30. The number of ether oxygens (including phenoxy) is 3. The summed E-state index contributed by atoms with van der Waals surface area (Å²) in [5.74, 6) is -0.900. The molecule has 1 atom stereocenters. The smallest absolute Gasteiger partial charge is 0.306 e. The van der Waals surface area contributed by atoms with E-state index in [1.165, 1.54) is 135 Å². The predicted molar refractivity (Wildman–Crippen MR) is 343 cm³/mol. The van der Waals surface area contributed by atoms with Crippen LogP contribution in [0.25, 0.3) is 0 Å². The van der Waals surface area contributed by atoms with Crippen LogP contribution in [-0.4, -0.2) is 37.2 Å². The van der Waals surface area contributed by atoms with E-state index in [0.717, 1.165) is 128 Å². The zero-order valence-electron chi connectivity index (χ0n) is 51.6. The van der Waals surface area contributed by atoms with E-state index in [-0.39, 0.29) is 31.1 Å². The Labute approximate surface area is 488 Å². The predicted octanol–water partition coefficient (Wildman–Crippen LogP) is 22.8. The summed E-state index contributed by atoms with van der Waals surface area (Å²) in [5.41, 5.74) is 0. The van der Waals surface area contributed by atoms with Gasteiger partial charge in [0.1, 0.15) is 13.2 Å². The molecule has 0 N–H and O–H groups in total. The molecule has 6 heteroatoms. The minimum absolute atomic E-state index is 0.0878. The lowest BCUT2D eigenvalue weighted by molar-refractivity contribution is -0.167. The van der Waals surface area contributed by atoms with Crippen molar-refractivity contribution in [3.8, 4) is 0 Å². The highest BCUT2D eigenvalue weighted by Gasteiger charge is 2.19. The molecule has 0 aliphatic heterocycles. The molecule has 450 valence electrons. The lowest BCUT2D eigenvalue weighted by atomic mass is 10.1. The van der Waals surface area contributed by atoms with Crippen LogP contribution in [0, 0.1) is 0 Å². The van der Waals surface area contributed by atoms with Gasteiger partial charge in [0.2, 0.25) is 0 Å². The molecule has 1 unspecified atom stereocenters. The van der Waals surface area contributed by atoms with Crippen LogP contribution in [0.15, 0.2) is 122 Å². The first-order valence-electron chi connectivity index (χ1n) is 33.0. The molecule has 0 aliphatic carbocycles. The summed E-state index contributed by atoms with van der Waals surface area (Å²) in [6.07, 6.45) is 92.0. The number of allylic oxidation sites excluding steroid dienone is 20. The van der Waals surface area contributed by atoms with Crippen molar-refractivity contribution in [2.75, 3.05) is 13.2 Å². The molecule has 0 bridgehead atoms. The molecular weight excluding hydrogens is 973 g/mol. The maximum Gasteiger partial charge on any atom is 0.306 e. The first-order valence-corrected chi connectivity index (χ1v) is 33.0. The first-order chi connectivity index (χ1) is 39.0. The van der Waals surface area contributed by atoms with Gasteiger partial charge in [-0.15, -0.1) is 0 Å². The number of unbranched alkanes of at least 4 members (excludes halogenated alkanes) is 28. The topological polar surface area (TPSA) is 78.9 Å². The Morgan fingerprint density at radius 2 is 0.494 bits per heavy atom. The normalized spacial score (nSPS) is 12.9. The molecule has 79 heavy (non-hydrogen) atoms. The fourth-order valence-corrected chi connectivity index (χ4v) is 9.04. The van der Waals surface area contributed by atoms with Gasteiger partial charge in [-0.3, -0.25) is 14.4 Å². The number of rotatable bonds is 59. The molecule has 0 amide bonds. The van der Waals surface area contributed by atoms with Crippen molar-refractivity contribution in [2.45, 2.75) is 309 Å². The minimum Gasteiger partial charge on any atom is -0.462 e. The third-order valence-electron chi connectivity index (χ3n) is 13.9. The molecule has 0 aromatic carbocycles. The van der Waals surface area contributed by atoms with Gasteiger partial charge < -0.3 is 14.2 Å². The van der Waals surface area contributed by atoms with Crippen molar-refractivity contribution < 1.29 is 28.6 Å². The number of hydrogen-bond donors (Lipinski definition) is 0. The zero-order valence-corrected chi connectivity index (χ0v) is 51.6. The van der Waals surface area contributed by atoms with E-state index in [1.54, 1.807) is 0 Å². The second kappa shape index (κ2) is 66.3. The largest absolute Gasteiger partial charge is 0.462 e. The molecule has 0 heterocycles. The summed E-state index contributed by atoms with van der Waals surface area (Å²) in [7, 11) is 0. The van der Waals surface area contributed by atoms with Crippen LogP contribution in [0.2, 0.25) is 0 Å². The highest BCUT2D eigenvalue weighted by molar-refractivity contribution is 5.71. The van der Waals surface area contributed by atoms with Crippen molar-refractivity contribution in [2.24, 2.45) is 0 Å². The standard InChI is InChI=1S/C73H122O6/c1-4-7-10-13-16-19-22-25-28-31-33-34-35-36-37-38-40-42-45-48-51-54-57-60-63-66-72(75)78-69-70(68-77-71(74)65-62-59-56-53-50-47-44-41-30-27-24-21-18-15-12-9-6-3)79-73(76)67-64-61-58-55-52-49-46-43-39-32-29-26-23-20-17-14-11-8-5-2/h7,9-10,12,16-21,25-30,33-34,36-37,70H,4-6,8,11,13-15,22-24,31-32,35,38-69H2,1-3H3/b10-7-,12-9-,19-16-,20-17-,21-18-,28-25-,29-26-,30-27-,34-33-,37-36-. The van der Waals surface area contributed by atoms with Crippen LogP contribution >= 0.6 is 0 Å². The third kappa shape index (κ3) is 64.5. The van der Waals surface area contributed by atoms with Crippen LogP contribution in [0.1, 0.15) is 303 Å². The SMILES string of the molecule is CC/C=C\C/C=C\C/C=C\C/C=C\C/C=C\CCCCCCCCCCCC(=O)OCC(COC(=O)CCCCCCCCC/C=C\C/C=C\C/C=C\CC)OC(=O)CCCCCCCCCCC/C=C\C/C=C\CCCCC. The summed E-state index contributed by atoms with van der Waals surface area (Å²) in [6.45, 7) is 6.40. The zero-order chi connectivity index (χ0) is 57.1. The van der Waals surface area contributed by atoms with Gasteiger partial charge in [-0.05, 0) is 128 Å². The highest BCUT2D eigenvalue weighted by atomic mass is 16.6. The van der Waals surface area contributed by atoms with Gasteiger partial charge in [-0.25, -0.2) is 0 Å². The molecular formula is C73H122O6. The van der Waals surface area contributed by atoms with Gasteiger partial charge >= 0.3 is 17.9 Å². The molecule has 6 nitrogen and oxygen atoms in total. The van der Waals surface area contributed by atoms with Gasteiger partial charge in [0.15, 0.2) is 6.10 Å². The van der Waals surface area contributed by atoms with E-state index >= 15 is 0 Å². The molecule has 0 saturated carbocycles. The van der Waals surface area contributed by atoms with Crippen LogP contribution in [-0.2, 0) is 28.6 Å². The molecule has 0 radical (unpaired) electrons. The van der Waals surface area contributed by atoms with E-state index in [4.69, 9.17) is 14.2 Å². The van der Waals surface area contributed by atoms with Crippen LogP contribution in [0.5, 0.6) is 0 Å². The average molecular weight is 1100 g/mol. The Morgan fingerprint density at radius 3 is 0.772 bits per heavy atom. The number of hydrogen-bond acceptors (Lipinski definition) is 6. The highest BCUT2D eigenvalue weighted by Crippen LogP contribution is 2.16. The molecule has 0 fully saturated rings. The van der Waals surface area contributed by atoms with Crippen molar-refractivity contribution in [3.05, 3.63) is 122 Å². The maximum absolute atomic E-state index is 12.9. The fraction of sp³-hybridized carbons (Fsp3) is 0.685. The lowest BCUT2D eigenvalue weighted by Gasteiger charge is -2.18. The Bertz CT molecular complexity index is 1640. The van der Waals surface area contributed by atoms with Gasteiger partial charge in [0.05, 0.1) is 0 Å². The van der Waals surface area contributed by atoms with E-state index in [1.807, 2.05) is 0 Å². The van der Waals surface area contributed by atoms with Crippen molar-refractivity contribution in [1.82, 2.24) is 0 Å². The van der Waals surface area contributed by atoms with Gasteiger partial charge in [-0.1, -0.05) is 277 Å². The number of esters is 3. The Morgan fingerprint density at radius 1 is 0.266 bits per heavy atom. The van der Waals surface area contributed by atoms with Crippen LogP contribution in [0.3, 0.4) is 0 Å². The average Bonchev–Trinajstić information content (AvgIpc) is 3.45. The molecule has 0 saturated heterocycles. The van der Waals surface area contributed by atoms with Gasteiger partial charge in [0.25, 0.3) is 0 Å². The van der Waals surface area contributed by atoms with E-state index in [0.29, 0.717) is 19.3 Å². The summed E-state index contributed by atoms with van der Waals surface area (Å²) < 4.78 is 17.0. The summed E-state index contributed by atoms with van der Waals surface area (Å²) in [5, 5.41) is 0. The molecule has 0 rings (SSSR count). The van der Waals surface area contributed by atoms with Gasteiger partial charge in [0, 0.05) is 19.3 Å². The molecule has 0 aromatic rings. The fourth-order valence-electron chi connectivity index (χ4n) is 9.04. The minimum atomic E-state index is -0.792. The van der Waals surface area contributed by atoms with Gasteiger partial charge in [-0.2, -0.15) is 0 Å². The summed E-state index contributed by atoms with van der Waals surface area (Å²) in [6, 6.07) is 0. The molecule has 0 spiro atoms. The number of carbonyl (C=O) groups excluding carboxylic acids is 3. The quantitative estimate of drug-likeness (QED) is 0.0261. The second-order valence-corrected chi connectivity index (χ2v) is 21.6. The Kier molecular flexibility index (Phi) is 62.8. The van der Waals surface area contributed by atoms with E-state index in [2.05, 4.69) is 142 Å². The van der Waals surface area contributed by atoms with Crippen LogP contribution < -0.4 is 0 Å². The first kappa shape index (κ1) is 74.8. The van der Waals surface area contributed by atoms with Crippen molar-refractivity contribution >= 4 is 17.9 Å². The van der Waals surface area contributed by atoms with E-state index < -0.39 is 6.10 Å². The summed E-state index contributed by atoms with van der Waals surface area (Å²) >= 11 is 0. The molecule has 0 aromatic heterocycles. The Hall–Kier alpha value is -4.19. The van der Waals surface area contributed by atoms with Crippen molar-refractivity contribution in [1.29, 1.82) is 0 Å². The maximum atomic E-state index is 12.9. The summed E-state index contributed by atoms with van der Waals surface area (Å²) in [4.78, 5) is 38.4. The van der Waals surface area contributed by atoms with E-state index in [9.17, 15) is 14.4 Å². The second-order valence-electron chi connectivity index (χ2n) is 21.6. The molecule has 0 aliphatic rings. The van der Waals surface area contributed by atoms with Crippen LogP contribution in [0.4, 0.5) is 0 Å². The third-order valence-corrected chi connectivity index (χ3v) is 13.9.